The fourth-order valence-electron chi connectivity index (χ4n) is 1.87. The maximum Gasteiger partial charge on any atom is 0.129 e. The van der Waals surface area contributed by atoms with Crippen LogP contribution in [-0.4, -0.2) is 10.1 Å². The Morgan fingerprint density at radius 2 is 2.17 bits per heavy atom. The quantitative estimate of drug-likeness (QED) is 0.874. The zero-order valence-corrected chi connectivity index (χ0v) is 10.1. The van der Waals surface area contributed by atoms with Gasteiger partial charge < -0.3 is 10.8 Å². The van der Waals surface area contributed by atoms with Gasteiger partial charge in [0.1, 0.15) is 11.6 Å². The molecule has 1 aromatic carbocycles. The number of hydrogen-bond acceptors (Lipinski definition) is 3. The number of benzene rings is 1. The van der Waals surface area contributed by atoms with Crippen LogP contribution in [0.25, 0.3) is 0 Å². The number of aliphatic hydroxyl groups excluding tert-OH is 1. The minimum absolute atomic E-state index is 0.310. The highest BCUT2D eigenvalue weighted by Gasteiger charge is 2.13. The minimum atomic E-state index is -0.779. The van der Waals surface area contributed by atoms with E-state index in [-0.39, 0.29) is 5.82 Å². The van der Waals surface area contributed by atoms with E-state index in [2.05, 4.69) is 4.98 Å². The van der Waals surface area contributed by atoms with E-state index in [1.807, 2.05) is 6.92 Å². The van der Waals surface area contributed by atoms with Gasteiger partial charge in [-0.3, -0.25) is 0 Å². The normalized spacial score (nSPS) is 12.4. The van der Waals surface area contributed by atoms with E-state index in [9.17, 15) is 9.50 Å². The first-order chi connectivity index (χ1) is 8.56. The van der Waals surface area contributed by atoms with Crippen molar-refractivity contribution in [2.24, 2.45) is 0 Å². The molecule has 0 aliphatic rings. The third kappa shape index (κ3) is 2.84. The summed E-state index contributed by atoms with van der Waals surface area (Å²) in [7, 11) is 0. The van der Waals surface area contributed by atoms with Gasteiger partial charge in [0, 0.05) is 18.2 Å². The zero-order valence-electron chi connectivity index (χ0n) is 10.1. The van der Waals surface area contributed by atoms with Crippen molar-refractivity contribution in [2.75, 3.05) is 5.73 Å². The lowest BCUT2D eigenvalue weighted by Gasteiger charge is -2.13. The molecule has 0 aliphatic heterocycles. The number of nitrogen functional groups attached to an aromatic ring is 1. The Morgan fingerprint density at radius 3 is 2.89 bits per heavy atom. The average molecular weight is 246 g/mol. The van der Waals surface area contributed by atoms with Crippen LogP contribution < -0.4 is 5.73 Å². The number of nitrogens with two attached hydrogens (primary N) is 1. The van der Waals surface area contributed by atoms with Crippen molar-refractivity contribution in [1.82, 2.24) is 4.98 Å². The molecule has 0 saturated carbocycles. The second-order valence-electron chi connectivity index (χ2n) is 4.34. The highest BCUT2D eigenvalue weighted by Crippen LogP contribution is 2.23. The molecule has 2 aromatic rings. The van der Waals surface area contributed by atoms with Gasteiger partial charge in [0.05, 0.1) is 6.10 Å². The summed E-state index contributed by atoms with van der Waals surface area (Å²) in [5.41, 5.74) is 7.96. The zero-order chi connectivity index (χ0) is 13.1. The van der Waals surface area contributed by atoms with Gasteiger partial charge in [-0.2, -0.15) is 0 Å². The number of aromatic nitrogens is 1. The third-order valence-electron chi connectivity index (χ3n) is 2.76. The van der Waals surface area contributed by atoms with Crippen molar-refractivity contribution in [3.63, 3.8) is 0 Å². The second kappa shape index (κ2) is 5.14. The summed E-state index contributed by atoms with van der Waals surface area (Å²) in [6, 6.07) is 7.97. The van der Waals surface area contributed by atoms with Crippen LogP contribution in [0.1, 0.15) is 22.8 Å². The Labute approximate surface area is 105 Å². The van der Waals surface area contributed by atoms with Crippen LogP contribution in [0.5, 0.6) is 0 Å². The highest BCUT2D eigenvalue weighted by molar-refractivity contribution is 5.42. The van der Waals surface area contributed by atoms with Gasteiger partial charge in [0.15, 0.2) is 0 Å². The van der Waals surface area contributed by atoms with E-state index < -0.39 is 6.10 Å². The number of rotatable bonds is 3. The number of nitrogens with zero attached hydrogens (tertiary/aromatic N) is 1. The molecule has 0 bridgehead atoms. The van der Waals surface area contributed by atoms with Crippen LogP contribution in [0.2, 0.25) is 0 Å². The summed E-state index contributed by atoms with van der Waals surface area (Å²) < 4.78 is 13.0. The van der Waals surface area contributed by atoms with Crippen molar-refractivity contribution < 1.29 is 9.50 Å². The maximum atomic E-state index is 13.0. The Kier molecular flexibility index (Phi) is 3.58. The molecule has 0 spiro atoms. The lowest BCUT2D eigenvalue weighted by Crippen LogP contribution is -2.07. The van der Waals surface area contributed by atoms with E-state index in [0.29, 0.717) is 17.8 Å². The Bertz CT molecular complexity index is 557. The van der Waals surface area contributed by atoms with Crippen molar-refractivity contribution in [2.45, 2.75) is 19.4 Å². The third-order valence-corrected chi connectivity index (χ3v) is 2.76. The Hall–Kier alpha value is -1.94. The molecule has 1 unspecified atom stereocenters. The molecule has 18 heavy (non-hydrogen) atoms. The molecule has 0 aliphatic carbocycles. The van der Waals surface area contributed by atoms with Crippen LogP contribution in [0.3, 0.4) is 0 Å². The second-order valence-corrected chi connectivity index (χ2v) is 4.34. The number of aryl methyl sites for hydroxylation is 1. The summed E-state index contributed by atoms with van der Waals surface area (Å²) in [5, 5.41) is 10.1. The first-order valence-electron chi connectivity index (χ1n) is 5.71. The lowest BCUT2D eigenvalue weighted by atomic mass is 10.0. The summed E-state index contributed by atoms with van der Waals surface area (Å²) in [6.07, 6.45) is 1.18. The monoisotopic (exact) mass is 246 g/mol. The summed E-state index contributed by atoms with van der Waals surface area (Å²) in [6.45, 7) is 1.88. The van der Waals surface area contributed by atoms with Crippen LogP contribution in [0.15, 0.2) is 36.5 Å². The number of anilines is 1. The molecule has 0 radical (unpaired) electrons. The van der Waals surface area contributed by atoms with Gasteiger partial charge in [0.2, 0.25) is 0 Å². The first kappa shape index (κ1) is 12.5. The standard InChI is InChI=1S/C14H15FN2O/c1-9-5-12(14(16)17-8-9)13(18)7-10-3-2-4-11(15)6-10/h2-6,8,13,18H,7H2,1H3,(H2,16,17). The molecule has 1 aromatic heterocycles. The van der Waals surface area contributed by atoms with Gasteiger partial charge in [-0.15, -0.1) is 0 Å². The molecule has 0 saturated heterocycles. The van der Waals surface area contributed by atoms with Gasteiger partial charge in [-0.25, -0.2) is 9.37 Å². The molecule has 1 heterocycles. The fourth-order valence-corrected chi connectivity index (χ4v) is 1.87. The summed E-state index contributed by atoms with van der Waals surface area (Å²) in [5.74, 6) is -0.000424. The number of aliphatic hydroxyl groups is 1. The van der Waals surface area contributed by atoms with E-state index in [4.69, 9.17) is 5.73 Å². The predicted octanol–water partition coefficient (Wildman–Crippen LogP) is 2.39. The highest BCUT2D eigenvalue weighted by atomic mass is 19.1. The van der Waals surface area contributed by atoms with Crippen LogP contribution >= 0.6 is 0 Å². The van der Waals surface area contributed by atoms with Gasteiger partial charge >= 0.3 is 0 Å². The molecule has 2 rings (SSSR count). The molecule has 94 valence electrons. The van der Waals surface area contributed by atoms with Crippen molar-refractivity contribution >= 4 is 5.82 Å². The van der Waals surface area contributed by atoms with Crippen molar-refractivity contribution in [3.05, 3.63) is 59.0 Å². The van der Waals surface area contributed by atoms with Gasteiger partial charge in [-0.05, 0) is 36.2 Å². The molecular formula is C14H15FN2O. The van der Waals surface area contributed by atoms with Crippen molar-refractivity contribution in [1.29, 1.82) is 0 Å². The van der Waals surface area contributed by atoms with Crippen LogP contribution in [0.4, 0.5) is 10.2 Å². The Morgan fingerprint density at radius 1 is 1.39 bits per heavy atom. The number of pyridine rings is 1. The summed E-state index contributed by atoms with van der Waals surface area (Å²) >= 11 is 0. The van der Waals surface area contributed by atoms with Crippen LogP contribution in [0, 0.1) is 12.7 Å². The first-order valence-corrected chi connectivity index (χ1v) is 5.71. The molecule has 4 heteroatoms. The smallest absolute Gasteiger partial charge is 0.129 e. The maximum absolute atomic E-state index is 13.0. The average Bonchev–Trinajstić information content (AvgIpc) is 2.32. The van der Waals surface area contributed by atoms with Crippen molar-refractivity contribution in [3.8, 4) is 0 Å². The largest absolute Gasteiger partial charge is 0.388 e. The van der Waals surface area contributed by atoms with E-state index >= 15 is 0 Å². The fraction of sp³-hybridized carbons (Fsp3) is 0.214. The van der Waals surface area contributed by atoms with Gasteiger partial charge in [0.25, 0.3) is 0 Å². The minimum Gasteiger partial charge on any atom is -0.388 e. The molecule has 3 N–H and O–H groups in total. The molecule has 3 nitrogen and oxygen atoms in total. The molecular weight excluding hydrogens is 231 g/mol. The topological polar surface area (TPSA) is 59.1 Å². The molecule has 0 fully saturated rings. The van der Waals surface area contributed by atoms with E-state index in [1.54, 1.807) is 24.4 Å². The molecule has 0 amide bonds. The van der Waals surface area contributed by atoms with E-state index in [0.717, 1.165) is 11.1 Å². The predicted molar refractivity (Wildman–Crippen MR) is 68.5 cm³/mol. The summed E-state index contributed by atoms with van der Waals surface area (Å²) in [4.78, 5) is 4.00. The van der Waals surface area contributed by atoms with Gasteiger partial charge in [-0.1, -0.05) is 12.1 Å². The number of halogens is 1. The SMILES string of the molecule is Cc1cnc(N)c(C(O)Cc2cccc(F)c2)c1. The van der Waals surface area contributed by atoms with E-state index in [1.165, 1.54) is 12.1 Å². The Balaban J connectivity index is 2.21. The lowest BCUT2D eigenvalue weighted by molar-refractivity contribution is 0.178. The van der Waals surface area contributed by atoms with Crippen LogP contribution in [-0.2, 0) is 6.42 Å². The number of hydrogen-bond donors (Lipinski definition) is 2. The molecule has 1 atom stereocenters.